The van der Waals surface area contributed by atoms with E-state index in [0.29, 0.717) is 0 Å². The Hall–Kier alpha value is -1.60. The van der Waals surface area contributed by atoms with E-state index in [1.807, 2.05) is 7.05 Å². The maximum absolute atomic E-state index is 3.46. The van der Waals surface area contributed by atoms with Gasteiger partial charge in [-0.3, -0.25) is 0 Å². The number of aryl methyl sites for hydroxylation is 2. The molecule has 106 valence electrons. The van der Waals surface area contributed by atoms with Crippen molar-refractivity contribution in [2.24, 2.45) is 0 Å². The second kappa shape index (κ2) is 7.25. The molecule has 0 heterocycles. The topological polar surface area (TPSA) is 12.0 Å². The van der Waals surface area contributed by atoms with Gasteiger partial charge < -0.3 is 5.32 Å². The molecule has 0 saturated heterocycles. The van der Waals surface area contributed by atoms with E-state index in [-0.39, 0.29) is 6.04 Å². The second-order valence-electron chi connectivity index (χ2n) is 5.27. The molecule has 0 aliphatic rings. The lowest BCUT2D eigenvalue weighted by molar-refractivity contribution is 0.683. The van der Waals surface area contributed by atoms with Gasteiger partial charge in [-0.2, -0.15) is 0 Å². The Morgan fingerprint density at radius 1 is 0.950 bits per heavy atom. The molecule has 20 heavy (non-hydrogen) atoms. The summed E-state index contributed by atoms with van der Waals surface area (Å²) in [5.41, 5.74) is 5.58. The van der Waals surface area contributed by atoms with Crippen LogP contribution in [-0.4, -0.2) is 7.05 Å². The molecule has 0 amide bonds. The van der Waals surface area contributed by atoms with E-state index in [2.05, 4.69) is 67.7 Å². The van der Waals surface area contributed by atoms with Crippen LogP contribution in [0, 0.1) is 0 Å². The van der Waals surface area contributed by atoms with Gasteiger partial charge in [-0.1, -0.05) is 68.8 Å². The Labute approximate surface area is 123 Å². The fourth-order valence-corrected chi connectivity index (χ4v) is 2.80. The summed E-state index contributed by atoms with van der Waals surface area (Å²) in [6, 6.07) is 18.0. The van der Waals surface area contributed by atoms with Crippen LogP contribution in [0.5, 0.6) is 0 Å². The molecule has 0 saturated carbocycles. The minimum absolute atomic E-state index is 0.279. The van der Waals surface area contributed by atoms with Gasteiger partial charge in [0.2, 0.25) is 0 Å². The van der Waals surface area contributed by atoms with Gasteiger partial charge in [0.1, 0.15) is 0 Å². The van der Waals surface area contributed by atoms with E-state index < -0.39 is 0 Å². The molecule has 0 fully saturated rings. The van der Waals surface area contributed by atoms with Crippen molar-refractivity contribution in [2.45, 2.75) is 39.2 Å². The molecule has 2 rings (SSSR count). The van der Waals surface area contributed by atoms with E-state index in [0.717, 1.165) is 12.8 Å². The first-order valence-electron chi connectivity index (χ1n) is 7.64. The van der Waals surface area contributed by atoms with E-state index in [1.54, 1.807) is 0 Å². The fraction of sp³-hybridized carbons (Fsp3) is 0.368. The summed E-state index contributed by atoms with van der Waals surface area (Å²) >= 11 is 0. The fourth-order valence-electron chi connectivity index (χ4n) is 2.80. The summed E-state index contributed by atoms with van der Waals surface area (Å²) in [5, 5.41) is 3.46. The lowest BCUT2D eigenvalue weighted by Gasteiger charge is -2.20. The van der Waals surface area contributed by atoms with E-state index in [1.165, 1.54) is 28.7 Å². The molecular formula is C19H25N. The van der Waals surface area contributed by atoms with Gasteiger partial charge in [-0.25, -0.2) is 0 Å². The standard InChI is InChI=1S/C19H25N/c1-4-8-15-11-13-17(14-12-15)19(20-3)18-10-7-6-9-16(18)5-2/h6-7,9-14,19-20H,4-5,8H2,1-3H3. The lowest BCUT2D eigenvalue weighted by atomic mass is 9.92. The molecule has 0 aliphatic heterocycles. The van der Waals surface area contributed by atoms with Crippen molar-refractivity contribution in [1.29, 1.82) is 0 Å². The maximum Gasteiger partial charge on any atom is 0.0576 e. The Balaban J connectivity index is 2.31. The third kappa shape index (κ3) is 3.29. The number of hydrogen-bond donors (Lipinski definition) is 1. The van der Waals surface area contributed by atoms with Crippen LogP contribution < -0.4 is 5.32 Å². The number of nitrogens with one attached hydrogen (secondary N) is 1. The average Bonchev–Trinajstić information content (AvgIpc) is 2.50. The Morgan fingerprint density at radius 2 is 1.65 bits per heavy atom. The summed E-state index contributed by atoms with van der Waals surface area (Å²) < 4.78 is 0. The van der Waals surface area contributed by atoms with Gasteiger partial charge in [0.25, 0.3) is 0 Å². The van der Waals surface area contributed by atoms with Gasteiger partial charge in [0, 0.05) is 0 Å². The molecule has 2 aromatic rings. The highest BCUT2D eigenvalue weighted by Gasteiger charge is 2.14. The van der Waals surface area contributed by atoms with Crippen molar-refractivity contribution in [3.8, 4) is 0 Å². The van der Waals surface area contributed by atoms with Crippen LogP contribution in [-0.2, 0) is 12.8 Å². The highest BCUT2D eigenvalue weighted by molar-refractivity contribution is 5.38. The second-order valence-corrected chi connectivity index (χ2v) is 5.27. The summed E-state index contributed by atoms with van der Waals surface area (Å²) in [5.74, 6) is 0. The largest absolute Gasteiger partial charge is 0.309 e. The van der Waals surface area contributed by atoms with Crippen molar-refractivity contribution < 1.29 is 0 Å². The molecule has 1 atom stereocenters. The van der Waals surface area contributed by atoms with Crippen LogP contribution in [0.2, 0.25) is 0 Å². The summed E-state index contributed by atoms with van der Waals surface area (Å²) in [4.78, 5) is 0. The SMILES string of the molecule is CCCc1ccc(C(NC)c2ccccc2CC)cc1. The first-order valence-corrected chi connectivity index (χ1v) is 7.64. The summed E-state index contributed by atoms with van der Waals surface area (Å²) in [7, 11) is 2.04. The quantitative estimate of drug-likeness (QED) is 0.812. The van der Waals surface area contributed by atoms with Crippen molar-refractivity contribution in [3.63, 3.8) is 0 Å². The van der Waals surface area contributed by atoms with Crippen LogP contribution in [0.1, 0.15) is 48.6 Å². The molecule has 1 unspecified atom stereocenters. The lowest BCUT2D eigenvalue weighted by Crippen LogP contribution is -2.19. The van der Waals surface area contributed by atoms with Crippen molar-refractivity contribution in [1.82, 2.24) is 5.32 Å². The summed E-state index contributed by atoms with van der Waals surface area (Å²) in [6.45, 7) is 4.44. The highest BCUT2D eigenvalue weighted by Crippen LogP contribution is 2.25. The highest BCUT2D eigenvalue weighted by atomic mass is 14.9. The smallest absolute Gasteiger partial charge is 0.0576 e. The third-order valence-corrected chi connectivity index (χ3v) is 3.89. The number of hydrogen-bond acceptors (Lipinski definition) is 1. The Kier molecular flexibility index (Phi) is 5.37. The van der Waals surface area contributed by atoms with Crippen molar-refractivity contribution in [2.75, 3.05) is 7.05 Å². The molecule has 0 radical (unpaired) electrons. The zero-order valence-electron chi connectivity index (χ0n) is 12.8. The predicted octanol–water partition coefficient (Wildman–Crippen LogP) is 4.51. The van der Waals surface area contributed by atoms with Gasteiger partial charge in [0.05, 0.1) is 6.04 Å². The Morgan fingerprint density at radius 3 is 2.25 bits per heavy atom. The van der Waals surface area contributed by atoms with Gasteiger partial charge in [0.15, 0.2) is 0 Å². The van der Waals surface area contributed by atoms with Crippen molar-refractivity contribution >= 4 is 0 Å². The number of rotatable bonds is 6. The molecule has 2 aromatic carbocycles. The monoisotopic (exact) mass is 267 g/mol. The van der Waals surface area contributed by atoms with Gasteiger partial charge >= 0.3 is 0 Å². The maximum atomic E-state index is 3.46. The van der Waals surface area contributed by atoms with Gasteiger partial charge in [-0.05, 0) is 42.1 Å². The van der Waals surface area contributed by atoms with E-state index >= 15 is 0 Å². The zero-order chi connectivity index (χ0) is 14.4. The van der Waals surface area contributed by atoms with E-state index in [4.69, 9.17) is 0 Å². The van der Waals surface area contributed by atoms with Gasteiger partial charge in [-0.15, -0.1) is 0 Å². The molecule has 0 aliphatic carbocycles. The molecule has 1 N–H and O–H groups in total. The molecule has 0 aromatic heterocycles. The van der Waals surface area contributed by atoms with Crippen LogP contribution in [0.25, 0.3) is 0 Å². The molecule has 0 bridgehead atoms. The first-order chi connectivity index (χ1) is 9.80. The van der Waals surface area contributed by atoms with Crippen LogP contribution in [0.4, 0.5) is 0 Å². The Bertz CT molecular complexity index is 528. The minimum Gasteiger partial charge on any atom is -0.309 e. The molecular weight excluding hydrogens is 242 g/mol. The number of benzene rings is 2. The van der Waals surface area contributed by atoms with Crippen LogP contribution >= 0.6 is 0 Å². The molecule has 1 nitrogen and oxygen atoms in total. The molecule has 1 heteroatoms. The van der Waals surface area contributed by atoms with Crippen LogP contribution in [0.3, 0.4) is 0 Å². The summed E-state index contributed by atoms with van der Waals surface area (Å²) in [6.07, 6.45) is 3.44. The zero-order valence-corrected chi connectivity index (χ0v) is 12.8. The van der Waals surface area contributed by atoms with Crippen LogP contribution in [0.15, 0.2) is 48.5 Å². The predicted molar refractivity (Wildman–Crippen MR) is 87.2 cm³/mol. The van der Waals surface area contributed by atoms with Crippen molar-refractivity contribution in [3.05, 3.63) is 70.8 Å². The molecule has 0 spiro atoms. The normalized spacial score (nSPS) is 12.3. The minimum atomic E-state index is 0.279. The average molecular weight is 267 g/mol. The first kappa shape index (κ1) is 14.8. The van der Waals surface area contributed by atoms with E-state index in [9.17, 15) is 0 Å². The third-order valence-electron chi connectivity index (χ3n) is 3.89.